The van der Waals surface area contributed by atoms with E-state index in [0.29, 0.717) is 19.6 Å². The fourth-order valence-corrected chi connectivity index (χ4v) is 4.05. The molecule has 2 aromatic carbocycles. The molecule has 27 heavy (non-hydrogen) atoms. The van der Waals surface area contributed by atoms with Gasteiger partial charge in [-0.15, -0.1) is 0 Å². The molecule has 0 aromatic heterocycles. The fourth-order valence-electron chi connectivity index (χ4n) is 4.05. The molecule has 2 aliphatic rings. The van der Waals surface area contributed by atoms with Crippen LogP contribution in [0.1, 0.15) is 36.3 Å². The lowest BCUT2D eigenvalue weighted by Gasteiger charge is -2.16. The van der Waals surface area contributed by atoms with Crippen LogP contribution in [0.15, 0.2) is 48.5 Å². The molecule has 2 aromatic rings. The average molecular weight is 364 g/mol. The van der Waals surface area contributed by atoms with Crippen molar-refractivity contribution in [3.8, 4) is 11.1 Å². The monoisotopic (exact) mass is 364 g/mol. The van der Waals surface area contributed by atoms with Crippen LogP contribution in [0.5, 0.6) is 0 Å². The largest absolute Gasteiger partial charge is 0.449 e. The first-order valence-corrected chi connectivity index (χ1v) is 9.60. The summed E-state index contributed by atoms with van der Waals surface area (Å²) in [6.07, 6.45) is 2.01. The molecular weight excluding hydrogens is 340 g/mol. The zero-order valence-electron chi connectivity index (χ0n) is 15.3. The van der Waals surface area contributed by atoms with Gasteiger partial charge in [-0.25, -0.2) is 4.79 Å². The van der Waals surface area contributed by atoms with E-state index in [-0.39, 0.29) is 11.8 Å². The van der Waals surface area contributed by atoms with Crippen molar-refractivity contribution in [1.29, 1.82) is 0 Å². The summed E-state index contributed by atoms with van der Waals surface area (Å²) < 4.78 is 5.47. The van der Waals surface area contributed by atoms with Crippen LogP contribution in [0.3, 0.4) is 0 Å². The Labute approximate surface area is 159 Å². The van der Waals surface area contributed by atoms with Gasteiger partial charge >= 0.3 is 6.09 Å². The highest BCUT2D eigenvalue weighted by atomic mass is 16.5. The summed E-state index contributed by atoms with van der Waals surface area (Å²) in [5.41, 5.74) is 4.79. The van der Waals surface area contributed by atoms with E-state index in [0.717, 1.165) is 25.9 Å². The molecular formula is C22H24N2O3. The Morgan fingerprint density at radius 1 is 0.963 bits per heavy atom. The van der Waals surface area contributed by atoms with Crippen LogP contribution < -0.4 is 5.32 Å². The number of rotatable bonds is 5. The Kier molecular flexibility index (Phi) is 5.10. The zero-order chi connectivity index (χ0) is 18.6. The molecule has 0 bridgehead atoms. The Hall–Kier alpha value is -2.82. The fraction of sp³-hybridized carbons (Fsp3) is 0.364. The quantitative estimate of drug-likeness (QED) is 0.883. The van der Waals surface area contributed by atoms with Crippen LogP contribution in [0.4, 0.5) is 4.79 Å². The third kappa shape index (κ3) is 3.68. The van der Waals surface area contributed by atoms with Gasteiger partial charge < -0.3 is 15.0 Å². The van der Waals surface area contributed by atoms with Crippen molar-refractivity contribution < 1.29 is 14.3 Å². The topological polar surface area (TPSA) is 58.6 Å². The van der Waals surface area contributed by atoms with E-state index in [4.69, 9.17) is 4.74 Å². The van der Waals surface area contributed by atoms with E-state index in [2.05, 4.69) is 29.6 Å². The molecule has 0 saturated carbocycles. The molecule has 2 amide bonds. The van der Waals surface area contributed by atoms with Gasteiger partial charge in [0.1, 0.15) is 6.61 Å². The SMILES string of the molecule is O=C(NCCC(=O)N1CCCC1)OCC1c2ccccc2-c2ccccc21. The molecule has 1 aliphatic carbocycles. The van der Waals surface area contributed by atoms with Gasteiger partial charge in [0.05, 0.1) is 0 Å². The van der Waals surface area contributed by atoms with E-state index in [9.17, 15) is 9.59 Å². The second kappa shape index (κ2) is 7.82. The number of hydrogen-bond acceptors (Lipinski definition) is 3. The standard InChI is InChI=1S/C22H24N2O3/c25-21(24-13-5-6-14-24)11-12-23-22(26)27-15-20-18-9-3-1-7-16(18)17-8-2-4-10-19(17)20/h1-4,7-10,20H,5-6,11-15H2,(H,23,26). The maximum atomic E-state index is 12.1. The number of likely N-dealkylation sites (tertiary alicyclic amines) is 1. The van der Waals surface area contributed by atoms with Crippen molar-refractivity contribution in [1.82, 2.24) is 10.2 Å². The van der Waals surface area contributed by atoms with Crippen molar-refractivity contribution in [2.24, 2.45) is 0 Å². The number of hydrogen-bond donors (Lipinski definition) is 1. The van der Waals surface area contributed by atoms with E-state index in [1.807, 2.05) is 29.2 Å². The van der Waals surface area contributed by atoms with Gasteiger partial charge in [-0.2, -0.15) is 0 Å². The molecule has 0 unspecified atom stereocenters. The van der Waals surface area contributed by atoms with Gasteiger partial charge in [0.25, 0.3) is 0 Å². The summed E-state index contributed by atoms with van der Waals surface area (Å²) in [4.78, 5) is 25.9. The third-order valence-corrected chi connectivity index (χ3v) is 5.41. The Morgan fingerprint density at radius 3 is 2.19 bits per heavy atom. The lowest BCUT2D eigenvalue weighted by molar-refractivity contribution is -0.129. The van der Waals surface area contributed by atoms with Gasteiger partial charge in [-0.1, -0.05) is 48.5 Å². The van der Waals surface area contributed by atoms with E-state index in [1.165, 1.54) is 22.3 Å². The summed E-state index contributed by atoms with van der Waals surface area (Å²) in [7, 11) is 0. The molecule has 0 atom stereocenters. The molecule has 1 heterocycles. The van der Waals surface area contributed by atoms with Crippen molar-refractivity contribution >= 4 is 12.0 Å². The molecule has 1 N–H and O–H groups in total. The number of ether oxygens (including phenoxy) is 1. The number of carbonyl (C=O) groups excluding carboxylic acids is 2. The predicted molar refractivity (Wildman–Crippen MR) is 104 cm³/mol. The minimum absolute atomic E-state index is 0.0504. The number of nitrogens with zero attached hydrogens (tertiary/aromatic N) is 1. The van der Waals surface area contributed by atoms with Crippen molar-refractivity contribution in [2.75, 3.05) is 26.2 Å². The summed E-state index contributed by atoms with van der Waals surface area (Å²) in [6, 6.07) is 16.5. The Balaban J connectivity index is 1.31. The molecule has 1 aliphatic heterocycles. The summed E-state index contributed by atoms with van der Waals surface area (Å²) in [5.74, 6) is 0.154. The van der Waals surface area contributed by atoms with Crippen LogP contribution in [0.25, 0.3) is 11.1 Å². The second-order valence-electron chi connectivity index (χ2n) is 7.09. The Morgan fingerprint density at radius 2 is 1.56 bits per heavy atom. The molecule has 1 saturated heterocycles. The van der Waals surface area contributed by atoms with E-state index in [1.54, 1.807) is 0 Å². The average Bonchev–Trinajstić information content (AvgIpc) is 3.33. The lowest BCUT2D eigenvalue weighted by Crippen LogP contribution is -2.33. The summed E-state index contributed by atoms with van der Waals surface area (Å²) in [5, 5.41) is 2.70. The number of amides is 2. The number of carbonyl (C=O) groups is 2. The van der Waals surface area contributed by atoms with Crippen LogP contribution >= 0.6 is 0 Å². The molecule has 5 heteroatoms. The smallest absolute Gasteiger partial charge is 0.407 e. The van der Waals surface area contributed by atoms with Crippen LogP contribution in [0.2, 0.25) is 0 Å². The van der Waals surface area contributed by atoms with Crippen molar-refractivity contribution in [2.45, 2.75) is 25.2 Å². The van der Waals surface area contributed by atoms with Gasteiger partial charge in [-0.3, -0.25) is 4.79 Å². The van der Waals surface area contributed by atoms with Crippen LogP contribution in [-0.4, -0.2) is 43.1 Å². The maximum Gasteiger partial charge on any atom is 0.407 e. The lowest BCUT2D eigenvalue weighted by atomic mass is 9.98. The normalized spacial score (nSPS) is 15.3. The van der Waals surface area contributed by atoms with Crippen molar-refractivity contribution in [3.63, 3.8) is 0 Å². The molecule has 4 rings (SSSR count). The first kappa shape index (κ1) is 17.6. The maximum absolute atomic E-state index is 12.1. The Bertz CT molecular complexity index is 797. The van der Waals surface area contributed by atoms with E-state index >= 15 is 0 Å². The second-order valence-corrected chi connectivity index (χ2v) is 7.09. The van der Waals surface area contributed by atoms with Crippen LogP contribution in [0, 0.1) is 0 Å². The zero-order valence-corrected chi connectivity index (χ0v) is 15.3. The van der Waals surface area contributed by atoms with Crippen molar-refractivity contribution in [3.05, 3.63) is 59.7 Å². The number of benzene rings is 2. The predicted octanol–water partition coefficient (Wildman–Crippen LogP) is 3.54. The minimum Gasteiger partial charge on any atom is -0.449 e. The van der Waals surface area contributed by atoms with Gasteiger partial charge in [0, 0.05) is 32.0 Å². The molecule has 140 valence electrons. The molecule has 5 nitrogen and oxygen atoms in total. The number of alkyl carbamates (subject to hydrolysis) is 1. The minimum atomic E-state index is -0.467. The van der Waals surface area contributed by atoms with Gasteiger partial charge in [0.15, 0.2) is 0 Å². The van der Waals surface area contributed by atoms with Gasteiger partial charge in [-0.05, 0) is 35.1 Å². The highest BCUT2D eigenvalue weighted by Gasteiger charge is 2.29. The highest BCUT2D eigenvalue weighted by molar-refractivity contribution is 5.79. The first-order chi connectivity index (χ1) is 13.2. The summed E-state index contributed by atoms with van der Waals surface area (Å²) >= 11 is 0. The molecule has 0 radical (unpaired) electrons. The third-order valence-electron chi connectivity index (χ3n) is 5.41. The molecule has 1 fully saturated rings. The molecule has 0 spiro atoms. The van der Waals surface area contributed by atoms with Crippen LogP contribution in [-0.2, 0) is 9.53 Å². The van der Waals surface area contributed by atoms with Gasteiger partial charge in [0.2, 0.25) is 5.91 Å². The number of fused-ring (bicyclic) bond motifs is 3. The summed E-state index contributed by atoms with van der Waals surface area (Å²) in [6.45, 7) is 2.28. The number of nitrogens with one attached hydrogen (secondary N) is 1. The first-order valence-electron chi connectivity index (χ1n) is 9.60. The highest BCUT2D eigenvalue weighted by Crippen LogP contribution is 2.44. The van der Waals surface area contributed by atoms with E-state index < -0.39 is 6.09 Å².